The summed E-state index contributed by atoms with van der Waals surface area (Å²) in [6.07, 6.45) is 2.97. The lowest BCUT2D eigenvalue weighted by atomic mass is 9.97. The molecule has 2 rings (SSSR count). The Balaban J connectivity index is 1.90. The van der Waals surface area contributed by atoms with Crippen LogP contribution in [0.15, 0.2) is 73.3 Å². The van der Waals surface area contributed by atoms with Crippen molar-refractivity contribution in [1.29, 1.82) is 0 Å². The summed E-state index contributed by atoms with van der Waals surface area (Å²) in [4.78, 5) is 11.9. The SMILES string of the molecule is C=CCC(COC(=O)Cc1ccccc1)c1ccccc1. The number of hydrogen-bond donors (Lipinski definition) is 0. The van der Waals surface area contributed by atoms with Gasteiger partial charge in [-0.1, -0.05) is 66.7 Å². The molecule has 0 aliphatic carbocycles. The molecule has 2 aromatic carbocycles. The van der Waals surface area contributed by atoms with Crippen LogP contribution in [0.4, 0.5) is 0 Å². The second-order valence-electron chi connectivity index (χ2n) is 4.98. The lowest BCUT2D eigenvalue weighted by molar-refractivity contribution is -0.143. The van der Waals surface area contributed by atoms with Gasteiger partial charge in [0, 0.05) is 5.92 Å². The van der Waals surface area contributed by atoms with Crippen LogP contribution in [0.25, 0.3) is 0 Å². The molecule has 21 heavy (non-hydrogen) atoms. The van der Waals surface area contributed by atoms with Gasteiger partial charge in [0.2, 0.25) is 0 Å². The number of carbonyl (C=O) groups is 1. The Bertz CT molecular complexity index is 561. The molecular weight excluding hydrogens is 260 g/mol. The van der Waals surface area contributed by atoms with Crippen molar-refractivity contribution in [2.75, 3.05) is 6.61 Å². The molecule has 2 aromatic rings. The third-order valence-electron chi connectivity index (χ3n) is 3.36. The third-order valence-corrected chi connectivity index (χ3v) is 3.36. The highest BCUT2D eigenvalue weighted by Crippen LogP contribution is 2.20. The first-order valence-corrected chi connectivity index (χ1v) is 7.15. The molecule has 0 saturated heterocycles. The van der Waals surface area contributed by atoms with Crippen LogP contribution in [-0.2, 0) is 16.0 Å². The van der Waals surface area contributed by atoms with Gasteiger partial charge in [0.25, 0.3) is 0 Å². The number of ether oxygens (including phenoxy) is 1. The van der Waals surface area contributed by atoms with E-state index in [-0.39, 0.29) is 11.9 Å². The van der Waals surface area contributed by atoms with Crippen LogP contribution in [0.2, 0.25) is 0 Å². The second kappa shape index (κ2) is 8.05. The minimum Gasteiger partial charge on any atom is -0.465 e. The molecule has 0 spiro atoms. The summed E-state index contributed by atoms with van der Waals surface area (Å²) in [5.41, 5.74) is 2.15. The van der Waals surface area contributed by atoms with E-state index < -0.39 is 0 Å². The monoisotopic (exact) mass is 280 g/mol. The van der Waals surface area contributed by atoms with Gasteiger partial charge in [0.05, 0.1) is 13.0 Å². The zero-order valence-corrected chi connectivity index (χ0v) is 12.1. The van der Waals surface area contributed by atoms with Crippen LogP contribution in [0.5, 0.6) is 0 Å². The molecule has 2 heteroatoms. The lowest BCUT2D eigenvalue weighted by Crippen LogP contribution is -2.14. The summed E-state index contributed by atoms with van der Waals surface area (Å²) in [5.74, 6) is -0.0189. The van der Waals surface area contributed by atoms with Crippen molar-refractivity contribution in [1.82, 2.24) is 0 Å². The Kier molecular flexibility index (Phi) is 5.77. The molecule has 108 valence electrons. The number of allylic oxidation sites excluding steroid dienone is 1. The predicted molar refractivity (Wildman–Crippen MR) is 85.1 cm³/mol. The molecule has 2 nitrogen and oxygen atoms in total. The van der Waals surface area contributed by atoms with E-state index in [4.69, 9.17) is 4.74 Å². The maximum absolute atomic E-state index is 11.9. The van der Waals surface area contributed by atoms with Gasteiger partial charge in [-0.05, 0) is 17.5 Å². The summed E-state index contributed by atoms with van der Waals surface area (Å²) in [5, 5.41) is 0. The molecule has 0 radical (unpaired) electrons. The van der Waals surface area contributed by atoms with Gasteiger partial charge in [-0.15, -0.1) is 6.58 Å². The molecule has 0 amide bonds. The van der Waals surface area contributed by atoms with Crippen LogP contribution in [0.1, 0.15) is 23.5 Å². The molecule has 0 N–H and O–H groups in total. The molecule has 1 atom stereocenters. The summed E-state index contributed by atoms with van der Waals surface area (Å²) in [6.45, 7) is 4.17. The van der Waals surface area contributed by atoms with Crippen LogP contribution in [0.3, 0.4) is 0 Å². The van der Waals surface area contributed by atoms with E-state index >= 15 is 0 Å². The Morgan fingerprint density at radius 1 is 1.05 bits per heavy atom. The zero-order chi connectivity index (χ0) is 14.9. The molecule has 0 aromatic heterocycles. The molecule has 1 unspecified atom stereocenters. The second-order valence-corrected chi connectivity index (χ2v) is 4.98. The van der Waals surface area contributed by atoms with Crippen molar-refractivity contribution in [3.05, 3.63) is 84.4 Å². The van der Waals surface area contributed by atoms with E-state index in [1.165, 1.54) is 5.56 Å². The van der Waals surface area contributed by atoms with E-state index in [0.29, 0.717) is 13.0 Å². The molecule has 0 aliphatic rings. The first-order valence-electron chi connectivity index (χ1n) is 7.15. The number of rotatable bonds is 7. The van der Waals surface area contributed by atoms with Crippen molar-refractivity contribution in [2.24, 2.45) is 0 Å². The largest absolute Gasteiger partial charge is 0.465 e. The molecular formula is C19H20O2. The van der Waals surface area contributed by atoms with E-state index in [1.54, 1.807) is 0 Å². The van der Waals surface area contributed by atoms with Crippen LogP contribution < -0.4 is 0 Å². The average molecular weight is 280 g/mol. The molecule has 0 heterocycles. The maximum atomic E-state index is 11.9. The van der Waals surface area contributed by atoms with Gasteiger partial charge in [-0.25, -0.2) is 0 Å². The van der Waals surface area contributed by atoms with Crippen molar-refractivity contribution >= 4 is 5.97 Å². The zero-order valence-electron chi connectivity index (χ0n) is 12.1. The fourth-order valence-corrected chi connectivity index (χ4v) is 2.23. The third kappa shape index (κ3) is 4.92. The molecule has 0 fully saturated rings. The predicted octanol–water partition coefficient (Wildman–Crippen LogP) is 4.13. The maximum Gasteiger partial charge on any atom is 0.310 e. The topological polar surface area (TPSA) is 26.3 Å². The standard InChI is InChI=1S/C19H20O2/c1-2-9-18(17-12-7-4-8-13-17)15-21-19(20)14-16-10-5-3-6-11-16/h2-8,10-13,18H,1,9,14-15H2. The highest BCUT2D eigenvalue weighted by Gasteiger charge is 2.13. The van der Waals surface area contributed by atoms with Gasteiger partial charge in [-0.2, -0.15) is 0 Å². The Morgan fingerprint density at radius 2 is 1.67 bits per heavy atom. The highest BCUT2D eigenvalue weighted by atomic mass is 16.5. The lowest BCUT2D eigenvalue weighted by Gasteiger charge is -2.15. The number of esters is 1. The quantitative estimate of drug-likeness (QED) is 0.563. The minimum absolute atomic E-state index is 0.170. The first-order chi connectivity index (χ1) is 10.3. The first kappa shape index (κ1) is 15.0. The van der Waals surface area contributed by atoms with E-state index in [9.17, 15) is 4.79 Å². The molecule has 0 bridgehead atoms. The summed E-state index contributed by atoms with van der Waals surface area (Å²) >= 11 is 0. The summed E-state index contributed by atoms with van der Waals surface area (Å²) < 4.78 is 5.43. The van der Waals surface area contributed by atoms with Crippen LogP contribution in [0, 0.1) is 0 Å². The number of hydrogen-bond acceptors (Lipinski definition) is 2. The number of carbonyl (C=O) groups excluding carboxylic acids is 1. The Hall–Kier alpha value is -2.35. The van der Waals surface area contributed by atoms with E-state index in [2.05, 4.69) is 18.7 Å². The van der Waals surface area contributed by atoms with Gasteiger partial charge in [0.15, 0.2) is 0 Å². The van der Waals surface area contributed by atoms with Crippen LogP contribution in [-0.4, -0.2) is 12.6 Å². The normalized spacial score (nSPS) is 11.6. The summed E-state index contributed by atoms with van der Waals surface area (Å²) in [6, 6.07) is 19.7. The van der Waals surface area contributed by atoms with E-state index in [1.807, 2.05) is 54.6 Å². The number of benzene rings is 2. The Morgan fingerprint density at radius 3 is 2.29 bits per heavy atom. The van der Waals surface area contributed by atoms with Gasteiger partial charge in [0.1, 0.15) is 0 Å². The molecule has 0 aliphatic heterocycles. The summed E-state index contributed by atoms with van der Waals surface area (Å²) in [7, 11) is 0. The van der Waals surface area contributed by atoms with Crippen molar-refractivity contribution < 1.29 is 9.53 Å². The fourth-order valence-electron chi connectivity index (χ4n) is 2.23. The van der Waals surface area contributed by atoms with Crippen LogP contribution >= 0.6 is 0 Å². The fraction of sp³-hybridized carbons (Fsp3) is 0.211. The Labute approximate surface area is 126 Å². The van der Waals surface area contributed by atoms with Crippen molar-refractivity contribution in [2.45, 2.75) is 18.8 Å². The van der Waals surface area contributed by atoms with Crippen molar-refractivity contribution in [3.8, 4) is 0 Å². The van der Waals surface area contributed by atoms with Gasteiger partial charge < -0.3 is 4.74 Å². The van der Waals surface area contributed by atoms with Gasteiger partial charge in [-0.3, -0.25) is 4.79 Å². The van der Waals surface area contributed by atoms with Gasteiger partial charge >= 0.3 is 5.97 Å². The van der Waals surface area contributed by atoms with E-state index in [0.717, 1.165) is 12.0 Å². The highest BCUT2D eigenvalue weighted by molar-refractivity contribution is 5.72. The molecule has 0 saturated carbocycles. The average Bonchev–Trinajstić information content (AvgIpc) is 2.53. The smallest absolute Gasteiger partial charge is 0.310 e. The van der Waals surface area contributed by atoms with Crippen molar-refractivity contribution in [3.63, 3.8) is 0 Å². The minimum atomic E-state index is -0.189.